The molecule has 20 heavy (non-hydrogen) atoms. The molecule has 1 aromatic carbocycles. The highest BCUT2D eigenvalue weighted by molar-refractivity contribution is 5.45. The van der Waals surface area contributed by atoms with Crippen LogP contribution in [0.25, 0.3) is 0 Å². The predicted molar refractivity (Wildman–Crippen MR) is 77.2 cm³/mol. The number of benzene rings is 1. The lowest BCUT2D eigenvalue weighted by atomic mass is 9.97. The second-order valence-electron chi connectivity index (χ2n) is 5.55. The molecular weight excluding hydrogens is 254 g/mol. The Balaban J connectivity index is 1.60. The molecule has 1 aliphatic heterocycles. The maximum Gasteiger partial charge on any atom is 0.231 e. The third kappa shape index (κ3) is 3.07. The van der Waals surface area contributed by atoms with Crippen LogP contribution in [0.4, 0.5) is 0 Å². The molecular formula is C16H23NO3. The number of hydrogen-bond donors (Lipinski definition) is 1. The maximum atomic E-state index is 6.08. The monoisotopic (exact) mass is 277 g/mol. The van der Waals surface area contributed by atoms with Crippen LogP contribution in [0.5, 0.6) is 11.5 Å². The summed E-state index contributed by atoms with van der Waals surface area (Å²) in [6.45, 7) is 1.03. The van der Waals surface area contributed by atoms with Gasteiger partial charge in [-0.25, -0.2) is 0 Å². The molecule has 3 rings (SSSR count). The van der Waals surface area contributed by atoms with Crippen molar-refractivity contribution in [1.82, 2.24) is 5.32 Å². The van der Waals surface area contributed by atoms with Crippen molar-refractivity contribution in [2.75, 3.05) is 20.4 Å². The van der Waals surface area contributed by atoms with Gasteiger partial charge < -0.3 is 19.5 Å². The molecule has 4 heteroatoms. The highest BCUT2D eigenvalue weighted by atomic mass is 16.7. The summed E-state index contributed by atoms with van der Waals surface area (Å²) in [5, 5.41) is 3.33. The highest BCUT2D eigenvalue weighted by Crippen LogP contribution is 2.34. The van der Waals surface area contributed by atoms with Crippen LogP contribution < -0.4 is 14.8 Å². The zero-order chi connectivity index (χ0) is 13.8. The summed E-state index contributed by atoms with van der Waals surface area (Å²) >= 11 is 0. The first-order valence-electron chi connectivity index (χ1n) is 7.55. The molecule has 0 saturated heterocycles. The lowest BCUT2D eigenvalue weighted by molar-refractivity contribution is 0.0165. The Kier molecular flexibility index (Phi) is 4.43. The molecule has 0 radical (unpaired) electrons. The van der Waals surface area contributed by atoms with Gasteiger partial charge in [0.15, 0.2) is 11.5 Å². The first kappa shape index (κ1) is 13.7. The number of hydrogen-bond acceptors (Lipinski definition) is 4. The predicted octanol–water partition coefficient (Wildman–Crippen LogP) is 3.03. The molecule has 0 aromatic heterocycles. The van der Waals surface area contributed by atoms with Crippen LogP contribution in [-0.4, -0.2) is 26.6 Å². The summed E-state index contributed by atoms with van der Waals surface area (Å²) in [5.41, 5.74) is 1.19. The molecule has 1 unspecified atom stereocenters. The molecule has 1 N–H and O–H groups in total. The van der Waals surface area contributed by atoms with E-state index in [2.05, 4.69) is 11.4 Å². The average molecular weight is 277 g/mol. The third-order valence-corrected chi connectivity index (χ3v) is 4.20. The van der Waals surface area contributed by atoms with Crippen molar-refractivity contribution in [3.63, 3.8) is 0 Å². The summed E-state index contributed by atoms with van der Waals surface area (Å²) in [7, 11) is 1.97. The van der Waals surface area contributed by atoms with Crippen molar-refractivity contribution < 1.29 is 14.2 Å². The zero-order valence-corrected chi connectivity index (χ0v) is 12.1. The minimum absolute atomic E-state index is 0.200. The van der Waals surface area contributed by atoms with E-state index in [9.17, 15) is 0 Å². The number of likely N-dealkylation sites (N-methyl/N-ethyl adjacent to an activating group) is 1. The molecule has 1 fully saturated rings. The fourth-order valence-electron chi connectivity index (χ4n) is 2.94. The molecule has 0 amide bonds. The molecule has 2 aliphatic rings. The van der Waals surface area contributed by atoms with Gasteiger partial charge in [0.2, 0.25) is 6.79 Å². The van der Waals surface area contributed by atoms with Crippen LogP contribution in [0.15, 0.2) is 18.2 Å². The Morgan fingerprint density at radius 2 is 2.00 bits per heavy atom. The third-order valence-electron chi connectivity index (χ3n) is 4.20. The van der Waals surface area contributed by atoms with Crippen molar-refractivity contribution in [3.05, 3.63) is 23.8 Å². The Bertz CT molecular complexity index is 443. The zero-order valence-electron chi connectivity index (χ0n) is 12.1. The van der Waals surface area contributed by atoms with Crippen molar-refractivity contribution >= 4 is 0 Å². The van der Waals surface area contributed by atoms with Gasteiger partial charge in [0.05, 0.1) is 18.8 Å². The van der Waals surface area contributed by atoms with Gasteiger partial charge in [0, 0.05) is 0 Å². The van der Waals surface area contributed by atoms with Crippen LogP contribution in [0.1, 0.15) is 43.7 Å². The van der Waals surface area contributed by atoms with Crippen molar-refractivity contribution in [3.8, 4) is 11.5 Å². The summed E-state index contributed by atoms with van der Waals surface area (Å²) in [4.78, 5) is 0. The molecule has 4 nitrogen and oxygen atoms in total. The maximum absolute atomic E-state index is 6.08. The van der Waals surface area contributed by atoms with E-state index in [1.165, 1.54) is 37.7 Å². The van der Waals surface area contributed by atoms with Crippen LogP contribution in [0.2, 0.25) is 0 Å². The largest absolute Gasteiger partial charge is 0.454 e. The Morgan fingerprint density at radius 3 is 2.80 bits per heavy atom. The molecule has 1 atom stereocenters. The summed E-state index contributed by atoms with van der Waals surface area (Å²) < 4.78 is 16.9. The minimum atomic E-state index is 0.200. The van der Waals surface area contributed by atoms with Gasteiger partial charge in [0.1, 0.15) is 0 Å². The first-order valence-corrected chi connectivity index (χ1v) is 7.55. The molecule has 1 heterocycles. The van der Waals surface area contributed by atoms with E-state index >= 15 is 0 Å². The van der Waals surface area contributed by atoms with E-state index in [0.29, 0.717) is 19.5 Å². The highest BCUT2D eigenvalue weighted by Gasteiger charge is 2.19. The van der Waals surface area contributed by atoms with Crippen LogP contribution in [0.3, 0.4) is 0 Å². The van der Waals surface area contributed by atoms with E-state index in [0.717, 1.165) is 11.5 Å². The number of nitrogens with one attached hydrogen (secondary N) is 1. The minimum Gasteiger partial charge on any atom is -0.454 e. The van der Waals surface area contributed by atoms with Crippen molar-refractivity contribution in [2.45, 2.75) is 44.2 Å². The molecule has 1 saturated carbocycles. The second-order valence-corrected chi connectivity index (χ2v) is 5.55. The van der Waals surface area contributed by atoms with E-state index < -0.39 is 0 Å². The fourth-order valence-corrected chi connectivity index (χ4v) is 2.94. The number of rotatable bonds is 5. The molecule has 0 bridgehead atoms. The average Bonchev–Trinajstić information content (AvgIpc) is 2.96. The first-order chi connectivity index (χ1) is 9.86. The second kappa shape index (κ2) is 6.46. The van der Waals surface area contributed by atoms with E-state index in [-0.39, 0.29) is 6.04 Å². The topological polar surface area (TPSA) is 39.7 Å². The Labute approximate surface area is 120 Å². The lowest BCUT2D eigenvalue weighted by Gasteiger charge is -2.25. The van der Waals surface area contributed by atoms with Crippen LogP contribution >= 0.6 is 0 Å². The summed E-state index contributed by atoms with van der Waals surface area (Å²) in [6, 6.07) is 6.31. The summed E-state index contributed by atoms with van der Waals surface area (Å²) in [6.07, 6.45) is 6.82. The van der Waals surface area contributed by atoms with Crippen LogP contribution in [-0.2, 0) is 4.74 Å². The fraction of sp³-hybridized carbons (Fsp3) is 0.625. The Hall–Kier alpha value is -1.26. The Morgan fingerprint density at radius 1 is 1.20 bits per heavy atom. The molecule has 110 valence electrons. The lowest BCUT2D eigenvalue weighted by Crippen LogP contribution is -2.26. The van der Waals surface area contributed by atoms with E-state index in [4.69, 9.17) is 14.2 Å². The normalized spacial score (nSPS) is 20.1. The van der Waals surface area contributed by atoms with Crippen LogP contribution in [0, 0.1) is 0 Å². The number of ether oxygens (including phenoxy) is 3. The number of fused-ring (bicyclic) bond motifs is 1. The van der Waals surface area contributed by atoms with Gasteiger partial charge in [-0.3, -0.25) is 0 Å². The van der Waals surface area contributed by atoms with Gasteiger partial charge in [0.25, 0.3) is 0 Å². The van der Waals surface area contributed by atoms with Crippen molar-refractivity contribution in [1.29, 1.82) is 0 Å². The van der Waals surface area contributed by atoms with Gasteiger partial charge in [-0.2, -0.15) is 0 Å². The van der Waals surface area contributed by atoms with Gasteiger partial charge in [-0.1, -0.05) is 25.3 Å². The molecule has 1 aromatic rings. The van der Waals surface area contributed by atoms with E-state index in [1.807, 2.05) is 19.2 Å². The summed E-state index contributed by atoms with van der Waals surface area (Å²) in [5.74, 6) is 1.66. The quantitative estimate of drug-likeness (QED) is 0.898. The SMILES string of the molecule is CNC(COC1CCCCC1)c1ccc2c(c1)OCO2. The van der Waals surface area contributed by atoms with E-state index in [1.54, 1.807) is 0 Å². The molecule has 0 spiro atoms. The van der Waals surface area contributed by atoms with Gasteiger partial charge in [-0.15, -0.1) is 0 Å². The smallest absolute Gasteiger partial charge is 0.231 e. The molecule has 1 aliphatic carbocycles. The van der Waals surface area contributed by atoms with Gasteiger partial charge >= 0.3 is 0 Å². The van der Waals surface area contributed by atoms with Gasteiger partial charge in [-0.05, 0) is 37.6 Å². The standard InChI is InChI=1S/C16H23NO3/c1-17-14(10-18-13-5-3-2-4-6-13)12-7-8-15-16(9-12)20-11-19-15/h7-9,13-14,17H,2-6,10-11H2,1H3. The van der Waals surface area contributed by atoms with Crippen molar-refractivity contribution in [2.24, 2.45) is 0 Å².